The fourth-order valence-electron chi connectivity index (χ4n) is 1.93. The van der Waals surface area contributed by atoms with Gasteiger partial charge in [-0.25, -0.2) is 0 Å². The van der Waals surface area contributed by atoms with Gasteiger partial charge in [0, 0.05) is 19.1 Å². The third kappa shape index (κ3) is 4.10. The van der Waals surface area contributed by atoms with Gasteiger partial charge in [-0.1, -0.05) is 20.8 Å². The van der Waals surface area contributed by atoms with Crippen molar-refractivity contribution in [3.8, 4) is 0 Å². The summed E-state index contributed by atoms with van der Waals surface area (Å²) in [5.74, 6) is 0.970. The van der Waals surface area contributed by atoms with Crippen molar-refractivity contribution >= 4 is 0 Å². The summed E-state index contributed by atoms with van der Waals surface area (Å²) in [6.07, 6.45) is 2.66. The molecule has 1 aliphatic heterocycles. The standard InChI is InChI=1S/C11H24N2/c1-4-7-13-8-11(9-13)5-6-12-10(2)3/h10-12H,4-9H2,1-3H3. The summed E-state index contributed by atoms with van der Waals surface area (Å²) in [6.45, 7) is 11.9. The predicted octanol–water partition coefficient (Wildman–Crippen LogP) is 1.72. The molecule has 1 N–H and O–H groups in total. The third-order valence-electron chi connectivity index (χ3n) is 2.68. The van der Waals surface area contributed by atoms with Crippen molar-refractivity contribution in [2.75, 3.05) is 26.2 Å². The van der Waals surface area contributed by atoms with E-state index in [2.05, 4.69) is 31.0 Å². The van der Waals surface area contributed by atoms with E-state index in [0.29, 0.717) is 6.04 Å². The van der Waals surface area contributed by atoms with E-state index >= 15 is 0 Å². The Balaban J connectivity index is 1.90. The molecule has 78 valence electrons. The van der Waals surface area contributed by atoms with Gasteiger partial charge in [0.15, 0.2) is 0 Å². The first-order valence-corrected chi connectivity index (χ1v) is 5.68. The summed E-state index contributed by atoms with van der Waals surface area (Å²) in [4.78, 5) is 2.56. The molecule has 1 aliphatic rings. The minimum Gasteiger partial charge on any atom is -0.315 e. The van der Waals surface area contributed by atoms with Crippen LogP contribution >= 0.6 is 0 Å². The number of nitrogens with zero attached hydrogens (tertiary/aromatic N) is 1. The van der Waals surface area contributed by atoms with Crippen molar-refractivity contribution in [1.82, 2.24) is 10.2 Å². The molecule has 0 spiro atoms. The van der Waals surface area contributed by atoms with E-state index in [1.165, 1.54) is 39.0 Å². The van der Waals surface area contributed by atoms with E-state index in [9.17, 15) is 0 Å². The van der Waals surface area contributed by atoms with Crippen LogP contribution in [0.5, 0.6) is 0 Å². The van der Waals surface area contributed by atoms with Gasteiger partial charge in [-0.15, -0.1) is 0 Å². The molecule has 13 heavy (non-hydrogen) atoms. The molecule has 0 aromatic rings. The molecule has 0 saturated carbocycles. The first-order valence-electron chi connectivity index (χ1n) is 5.68. The van der Waals surface area contributed by atoms with E-state index in [4.69, 9.17) is 0 Å². The van der Waals surface area contributed by atoms with Crippen LogP contribution in [0.15, 0.2) is 0 Å². The first kappa shape index (κ1) is 11.0. The van der Waals surface area contributed by atoms with Crippen LogP contribution < -0.4 is 5.32 Å². The van der Waals surface area contributed by atoms with E-state index in [1.807, 2.05) is 0 Å². The lowest BCUT2D eigenvalue weighted by molar-refractivity contribution is 0.0943. The molecule has 0 atom stereocenters. The zero-order valence-electron chi connectivity index (χ0n) is 9.34. The van der Waals surface area contributed by atoms with Gasteiger partial charge in [0.05, 0.1) is 0 Å². The van der Waals surface area contributed by atoms with Crippen molar-refractivity contribution in [3.05, 3.63) is 0 Å². The lowest BCUT2D eigenvalue weighted by atomic mass is 9.96. The molecular formula is C11H24N2. The van der Waals surface area contributed by atoms with Crippen molar-refractivity contribution < 1.29 is 0 Å². The molecule has 1 fully saturated rings. The lowest BCUT2D eigenvalue weighted by Crippen LogP contribution is -2.47. The molecule has 0 bridgehead atoms. The van der Waals surface area contributed by atoms with Crippen LogP contribution in [0, 0.1) is 5.92 Å². The Morgan fingerprint density at radius 3 is 2.62 bits per heavy atom. The molecule has 1 saturated heterocycles. The van der Waals surface area contributed by atoms with Gasteiger partial charge in [-0.2, -0.15) is 0 Å². The normalized spacial score (nSPS) is 19.4. The Labute approximate surface area is 82.7 Å². The lowest BCUT2D eigenvalue weighted by Gasteiger charge is -2.39. The van der Waals surface area contributed by atoms with Gasteiger partial charge in [0.2, 0.25) is 0 Å². The van der Waals surface area contributed by atoms with Crippen molar-refractivity contribution in [2.45, 2.75) is 39.7 Å². The fourth-order valence-corrected chi connectivity index (χ4v) is 1.93. The summed E-state index contributed by atoms with van der Waals surface area (Å²) in [7, 11) is 0. The molecule has 2 nitrogen and oxygen atoms in total. The van der Waals surface area contributed by atoms with Gasteiger partial charge in [0.1, 0.15) is 0 Å². The average molecular weight is 184 g/mol. The van der Waals surface area contributed by atoms with Crippen molar-refractivity contribution in [2.24, 2.45) is 5.92 Å². The molecule has 0 aliphatic carbocycles. The summed E-state index contributed by atoms with van der Waals surface area (Å²) >= 11 is 0. The molecule has 1 heterocycles. The summed E-state index contributed by atoms with van der Waals surface area (Å²) < 4.78 is 0. The topological polar surface area (TPSA) is 15.3 Å². The van der Waals surface area contributed by atoms with Crippen LogP contribution in [-0.4, -0.2) is 37.1 Å². The van der Waals surface area contributed by atoms with Crippen LogP contribution in [0.2, 0.25) is 0 Å². The molecular weight excluding hydrogens is 160 g/mol. The molecule has 0 amide bonds. The van der Waals surface area contributed by atoms with Crippen molar-refractivity contribution in [3.63, 3.8) is 0 Å². The van der Waals surface area contributed by atoms with Gasteiger partial charge in [-0.3, -0.25) is 0 Å². The maximum atomic E-state index is 3.47. The smallest absolute Gasteiger partial charge is 0.00225 e. The van der Waals surface area contributed by atoms with Gasteiger partial charge in [-0.05, 0) is 31.8 Å². The maximum Gasteiger partial charge on any atom is 0.00225 e. The largest absolute Gasteiger partial charge is 0.315 e. The van der Waals surface area contributed by atoms with Crippen LogP contribution in [0.1, 0.15) is 33.6 Å². The molecule has 1 rings (SSSR count). The highest BCUT2D eigenvalue weighted by Crippen LogP contribution is 2.18. The van der Waals surface area contributed by atoms with E-state index in [1.54, 1.807) is 0 Å². The Morgan fingerprint density at radius 1 is 1.38 bits per heavy atom. The molecule has 0 aromatic heterocycles. The Bertz CT molecular complexity index is 128. The summed E-state index contributed by atoms with van der Waals surface area (Å²) in [5, 5.41) is 3.47. The van der Waals surface area contributed by atoms with Gasteiger partial charge in [0.25, 0.3) is 0 Å². The number of rotatable bonds is 6. The predicted molar refractivity (Wildman–Crippen MR) is 58.0 cm³/mol. The zero-order chi connectivity index (χ0) is 9.68. The second-order valence-corrected chi connectivity index (χ2v) is 4.52. The fraction of sp³-hybridized carbons (Fsp3) is 1.00. The minimum atomic E-state index is 0.645. The molecule has 0 radical (unpaired) electrons. The SMILES string of the molecule is CCCN1CC(CCNC(C)C)C1. The van der Waals surface area contributed by atoms with Crippen LogP contribution in [0.25, 0.3) is 0 Å². The van der Waals surface area contributed by atoms with Crippen LogP contribution in [-0.2, 0) is 0 Å². The highest BCUT2D eigenvalue weighted by molar-refractivity contribution is 4.79. The zero-order valence-corrected chi connectivity index (χ0v) is 9.34. The maximum absolute atomic E-state index is 3.47. The number of likely N-dealkylation sites (tertiary alicyclic amines) is 1. The van der Waals surface area contributed by atoms with E-state index < -0.39 is 0 Å². The second kappa shape index (κ2) is 5.61. The quantitative estimate of drug-likeness (QED) is 0.676. The van der Waals surface area contributed by atoms with Crippen LogP contribution in [0.4, 0.5) is 0 Å². The van der Waals surface area contributed by atoms with Gasteiger partial charge < -0.3 is 10.2 Å². The molecule has 0 unspecified atom stereocenters. The number of hydrogen-bond donors (Lipinski definition) is 1. The Kier molecular flexibility index (Phi) is 4.74. The highest BCUT2D eigenvalue weighted by Gasteiger charge is 2.24. The second-order valence-electron chi connectivity index (χ2n) is 4.52. The number of nitrogens with one attached hydrogen (secondary N) is 1. The van der Waals surface area contributed by atoms with Crippen molar-refractivity contribution in [1.29, 1.82) is 0 Å². The molecule has 2 heteroatoms. The Morgan fingerprint density at radius 2 is 2.08 bits per heavy atom. The Hall–Kier alpha value is -0.0800. The minimum absolute atomic E-state index is 0.645. The monoisotopic (exact) mass is 184 g/mol. The molecule has 0 aromatic carbocycles. The van der Waals surface area contributed by atoms with Crippen LogP contribution in [0.3, 0.4) is 0 Å². The van der Waals surface area contributed by atoms with Gasteiger partial charge >= 0.3 is 0 Å². The highest BCUT2D eigenvalue weighted by atomic mass is 15.2. The first-order chi connectivity index (χ1) is 6.22. The summed E-state index contributed by atoms with van der Waals surface area (Å²) in [5.41, 5.74) is 0. The summed E-state index contributed by atoms with van der Waals surface area (Å²) in [6, 6.07) is 0.645. The average Bonchev–Trinajstić information content (AvgIpc) is 1.99. The van der Waals surface area contributed by atoms with E-state index in [-0.39, 0.29) is 0 Å². The van der Waals surface area contributed by atoms with E-state index in [0.717, 1.165) is 5.92 Å². The third-order valence-corrected chi connectivity index (χ3v) is 2.68. The number of hydrogen-bond acceptors (Lipinski definition) is 2.